The van der Waals surface area contributed by atoms with Gasteiger partial charge in [-0.15, -0.1) is 0 Å². The molecule has 4 aromatic rings. The van der Waals surface area contributed by atoms with Crippen LogP contribution >= 0.6 is 0 Å². The van der Waals surface area contributed by atoms with Crippen LogP contribution < -0.4 is 10.1 Å². The van der Waals surface area contributed by atoms with E-state index in [1.807, 2.05) is 0 Å². The molecule has 14 heteroatoms. The average Bonchev–Trinajstić information content (AvgIpc) is 3.40. The van der Waals surface area contributed by atoms with Gasteiger partial charge in [-0.05, 0) is 31.5 Å². The lowest BCUT2D eigenvalue weighted by Crippen LogP contribution is -2.28. The fourth-order valence-electron chi connectivity index (χ4n) is 5.33. The average molecular weight is 559 g/mol. The normalized spacial score (nSPS) is 18.5. The summed E-state index contributed by atoms with van der Waals surface area (Å²) in [5.74, 6) is -4.27. The first-order chi connectivity index (χ1) is 19.1. The van der Waals surface area contributed by atoms with Crippen molar-refractivity contribution in [2.45, 2.75) is 44.6 Å². The van der Waals surface area contributed by atoms with Crippen LogP contribution in [-0.4, -0.2) is 49.0 Å². The topological polar surface area (TPSA) is 119 Å². The molecular formula is C26H18F5N5O4. The van der Waals surface area contributed by atoms with E-state index in [1.54, 1.807) is 28.8 Å². The van der Waals surface area contributed by atoms with Crippen LogP contribution in [0.2, 0.25) is 0 Å². The van der Waals surface area contributed by atoms with Crippen LogP contribution in [-0.2, 0) is 0 Å². The number of rotatable bonds is 6. The van der Waals surface area contributed by atoms with Crippen LogP contribution in [0.15, 0.2) is 36.5 Å². The van der Waals surface area contributed by atoms with Gasteiger partial charge in [0.1, 0.15) is 29.2 Å². The zero-order valence-corrected chi connectivity index (χ0v) is 20.4. The summed E-state index contributed by atoms with van der Waals surface area (Å²) < 4.78 is 77.4. The van der Waals surface area contributed by atoms with Gasteiger partial charge in [0.25, 0.3) is 12.3 Å². The van der Waals surface area contributed by atoms with Crippen LogP contribution in [0.5, 0.6) is 5.75 Å². The molecule has 0 aliphatic carbocycles. The highest BCUT2D eigenvalue weighted by molar-refractivity contribution is 6.00. The molecule has 1 unspecified atom stereocenters. The molecule has 206 valence electrons. The lowest BCUT2D eigenvalue weighted by Gasteiger charge is -2.22. The Morgan fingerprint density at radius 3 is 2.65 bits per heavy atom. The van der Waals surface area contributed by atoms with E-state index in [1.165, 1.54) is 0 Å². The van der Waals surface area contributed by atoms with Gasteiger partial charge in [0.05, 0.1) is 39.8 Å². The third kappa shape index (κ3) is 3.89. The number of nitrogens with zero attached hydrogens (tertiary/aromatic N) is 4. The predicted molar refractivity (Wildman–Crippen MR) is 128 cm³/mol. The summed E-state index contributed by atoms with van der Waals surface area (Å²) in [5.41, 5.74) is -1.90. The second-order valence-corrected chi connectivity index (χ2v) is 9.34. The van der Waals surface area contributed by atoms with E-state index in [0.717, 1.165) is 13.0 Å². The van der Waals surface area contributed by atoms with E-state index in [9.17, 15) is 32.3 Å². The molecular weight excluding hydrogens is 541 g/mol. The number of ether oxygens (including phenoxy) is 1. The maximum absolute atomic E-state index is 16.6. The van der Waals surface area contributed by atoms with Gasteiger partial charge in [0.15, 0.2) is 11.6 Å². The molecule has 0 saturated carbocycles. The summed E-state index contributed by atoms with van der Waals surface area (Å²) in [7, 11) is 0. The lowest BCUT2D eigenvalue weighted by molar-refractivity contribution is -0.0496. The summed E-state index contributed by atoms with van der Waals surface area (Å²) in [6.45, 7) is -2.42. The summed E-state index contributed by atoms with van der Waals surface area (Å²) in [6, 6.07) is 6.47. The molecule has 6 rings (SSSR count). The third-order valence-electron chi connectivity index (χ3n) is 6.97. The van der Waals surface area contributed by atoms with Gasteiger partial charge in [-0.25, -0.2) is 28.1 Å². The molecule has 0 fully saturated rings. The highest BCUT2D eigenvalue weighted by Crippen LogP contribution is 2.48. The van der Waals surface area contributed by atoms with Crippen molar-refractivity contribution in [3.05, 3.63) is 70.6 Å². The second kappa shape index (κ2) is 9.33. The molecule has 2 aromatic heterocycles. The summed E-state index contributed by atoms with van der Waals surface area (Å²) >= 11 is 0. The molecule has 9 nitrogen and oxygen atoms in total. The number of para-hydroxylation sites is 2. The van der Waals surface area contributed by atoms with Crippen molar-refractivity contribution < 1.29 is 41.4 Å². The lowest BCUT2D eigenvalue weighted by atomic mass is 9.94. The number of alkyl halides is 4. The Kier molecular flexibility index (Phi) is 6.02. The van der Waals surface area contributed by atoms with Crippen molar-refractivity contribution in [3.63, 3.8) is 0 Å². The SMILES string of the molecule is CC(O)C(=O)c1cnc(-c2c(OC(F)F)cc3c(c2F)[C@H]2C[C@@H](NC3=O)c3nc4ccccc4n32)nc1C(F)F. The number of imidazole rings is 1. The number of hydrogen-bond donors (Lipinski definition) is 2. The molecule has 0 spiro atoms. The first-order valence-electron chi connectivity index (χ1n) is 12.0. The van der Waals surface area contributed by atoms with E-state index in [4.69, 9.17) is 0 Å². The number of hydrogen-bond acceptors (Lipinski definition) is 7. The van der Waals surface area contributed by atoms with Crippen LogP contribution in [0.3, 0.4) is 0 Å². The van der Waals surface area contributed by atoms with Crippen LogP contribution in [0.1, 0.15) is 69.7 Å². The van der Waals surface area contributed by atoms with Crippen LogP contribution in [0.4, 0.5) is 22.0 Å². The smallest absolute Gasteiger partial charge is 0.387 e. The molecule has 40 heavy (non-hydrogen) atoms. The number of amides is 1. The molecule has 2 aliphatic heterocycles. The minimum absolute atomic E-state index is 0.183. The van der Waals surface area contributed by atoms with Gasteiger partial charge in [-0.1, -0.05) is 12.1 Å². The molecule has 0 saturated heterocycles. The van der Waals surface area contributed by atoms with E-state index in [0.29, 0.717) is 23.1 Å². The summed E-state index contributed by atoms with van der Waals surface area (Å²) in [4.78, 5) is 37.4. The maximum Gasteiger partial charge on any atom is 0.387 e. The molecule has 0 radical (unpaired) electrons. The number of nitrogens with one attached hydrogen (secondary N) is 1. The minimum atomic E-state index is -3.48. The number of fused-ring (bicyclic) bond motifs is 9. The number of aromatic nitrogens is 4. The number of aliphatic hydroxyl groups is 1. The number of benzene rings is 2. The fraction of sp³-hybridized carbons (Fsp3) is 0.269. The van der Waals surface area contributed by atoms with E-state index >= 15 is 4.39 Å². The molecule has 4 heterocycles. The summed E-state index contributed by atoms with van der Waals surface area (Å²) in [6.07, 6.45) is -4.18. The van der Waals surface area contributed by atoms with Gasteiger partial charge < -0.3 is 19.7 Å². The number of aliphatic hydroxyl groups excluding tert-OH is 1. The molecule has 2 aliphatic rings. The van der Waals surface area contributed by atoms with E-state index in [-0.39, 0.29) is 17.5 Å². The van der Waals surface area contributed by atoms with Gasteiger partial charge in [0, 0.05) is 11.8 Å². The second-order valence-electron chi connectivity index (χ2n) is 9.34. The summed E-state index contributed by atoms with van der Waals surface area (Å²) in [5, 5.41) is 12.3. The fourth-order valence-corrected chi connectivity index (χ4v) is 5.33. The Bertz CT molecular complexity index is 1710. The van der Waals surface area contributed by atoms with Crippen LogP contribution in [0, 0.1) is 5.82 Å². The number of Topliss-reactive ketones (excluding diaryl/α,β-unsaturated/α-hetero) is 1. The van der Waals surface area contributed by atoms with Crippen molar-refractivity contribution in [3.8, 4) is 17.1 Å². The van der Waals surface area contributed by atoms with Crippen molar-refractivity contribution in [1.82, 2.24) is 24.8 Å². The van der Waals surface area contributed by atoms with Gasteiger partial charge >= 0.3 is 6.61 Å². The minimum Gasteiger partial charge on any atom is -0.434 e. The first kappa shape index (κ1) is 25.8. The predicted octanol–water partition coefficient (Wildman–Crippen LogP) is 4.51. The van der Waals surface area contributed by atoms with E-state index < -0.39 is 77.1 Å². The van der Waals surface area contributed by atoms with Gasteiger partial charge in [0.2, 0.25) is 0 Å². The Labute approximate surface area is 221 Å². The Balaban J connectivity index is 1.61. The maximum atomic E-state index is 16.6. The Hall–Kier alpha value is -4.46. The molecule has 1 amide bonds. The number of halogens is 5. The molecule has 2 N–H and O–H groups in total. The Morgan fingerprint density at radius 2 is 1.95 bits per heavy atom. The standard InChI is InChI=1S/C26H18F5N5O4/c1-9(37)21(38)11-8-32-23(35-20(11)22(28)29)18-16(40-26(30)31)6-10-17(19(18)27)15-7-13(34-25(10)39)24-33-12-4-2-3-5-14(12)36(15)24/h2-6,8-9,13,15,22,26,37H,7H2,1H3,(H,34,39)/t9?,13-,15-/m1/s1. The Morgan fingerprint density at radius 1 is 1.20 bits per heavy atom. The van der Waals surface area contributed by atoms with Crippen molar-refractivity contribution in [2.24, 2.45) is 0 Å². The highest BCUT2D eigenvalue weighted by Gasteiger charge is 2.43. The third-order valence-corrected chi connectivity index (χ3v) is 6.97. The molecule has 3 atom stereocenters. The zero-order chi connectivity index (χ0) is 28.5. The van der Waals surface area contributed by atoms with E-state index in [2.05, 4.69) is 25.0 Å². The largest absolute Gasteiger partial charge is 0.434 e. The first-order valence-corrected chi connectivity index (χ1v) is 12.0. The van der Waals surface area contributed by atoms with Crippen molar-refractivity contribution >= 4 is 22.7 Å². The van der Waals surface area contributed by atoms with Crippen LogP contribution in [0.25, 0.3) is 22.4 Å². The highest BCUT2D eigenvalue weighted by atomic mass is 19.3. The van der Waals surface area contributed by atoms with Crippen molar-refractivity contribution in [2.75, 3.05) is 0 Å². The van der Waals surface area contributed by atoms with Crippen molar-refractivity contribution in [1.29, 1.82) is 0 Å². The number of carbonyl (C=O) groups excluding carboxylic acids is 2. The molecule has 2 aromatic carbocycles. The van der Waals surface area contributed by atoms with Gasteiger partial charge in [-0.2, -0.15) is 8.78 Å². The molecule has 2 bridgehead atoms. The zero-order valence-electron chi connectivity index (χ0n) is 20.4. The number of ketones is 1. The van der Waals surface area contributed by atoms with Gasteiger partial charge in [-0.3, -0.25) is 9.59 Å². The number of carbonyl (C=O) groups is 2. The monoisotopic (exact) mass is 559 g/mol. The quantitative estimate of drug-likeness (QED) is 0.264.